The van der Waals surface area contributed by atoms with Crippen LogP contribution in [0.15, 0.2) is 48.5 Å². The van der Waals surface area contributed by atoms with Crippen LogP contribution in [-0.2, 0) is 10.4 Å². The third-order valence-electron chi connectivity index (χ3n) is 5.63. The van der Waals surface area contributed by atoms with Crippen molar-refractivity contribution in [2.24, 2.45) is 0 Å². The maximum atomic E-state index is 14.6. The molecule has 2 aliphatic heterocycles. The second kappa shape index (κ2) is 7.86. The van der Waals surface area contributed by atoms with E-state index in [0.717, 1.165) is 0 Å². The van der Waals surface area contributed by atoms with E-state index in [2.05, 4.69) is 20.6 Å². The van der Waals surface area contributed by atoms with Gasteiger partial charge < -0.3 is 26.0 Å². The standard InChI is InChI=1S/C22H21F3N6O/c23-14-11-13(5-6-15(14)26)18-12-19(28-21(27-18)31-7-9-32-10-8-31)22(20(24)25)29-16-3-1-2-4-17(16)30-22/h1-6,11-12,20,29-30H,7-10,26H2. The van der Waals surface area contributed by atoms with E-state index in [4.69, 9.17) is 10.5 Å². The van der Waals surface area contributed by atoms with Gasteiger partial charge in [0.05, 0.1) is 41.7 Å². The number of hydrogen-bond acceptors (Lipinski definition) is 7. The van der Waals surface area contributed by atoms with Gasteiger partial charge in [0.25, 0.3) is 6.43 Å². The Bertz CT molecular complexity index is 1130. The number of fused-ring (bicyclic) bond motifs is 1. The summed E-state index contributed by atoms with van der Waals surface area (Å²) in [5, 5.41) is 5.81. The summed E-state index contributed by atoms with van der Waals surface area (Å²) in [5.74, 6) is -0.332. The molecule has 5 rings (SSSR count). The Balaban J connectivity index is 1.66. The highest BCUT2D eigenvalue weighted by atomic mass is 19.3. The van der Waals surface area contributed by atoms with Crippen molar-refractivity contribution in [1.82, 2.24) is 9.97 Å². The molecule has 0 saturated carbocycles. The van der Waals surface area contributed by atoms with E-state index in [1.54, 1.807) is 30.3 Å². The molecule has 4 N–H and O–H groups in total. The number of rotatable bonds is 4. The minimum absolute atomic E-state index is 0.00458. The lowest BCUT2D eigenvalue weighted by Crippen LogP contribution is -2.47. The van der Waals surface area contributed by atoms with Crippen LogP contribution < -0.4 is 21.3 Å². The zero-order valence-electron chi connectivity index (χ0n) is 17.0. The number of alkyl halides is 2. The summed E-state index contributed by atoms with van der Waals surface area (Å²) in [6.45, 7) is 1.98. The van der Waals surface area contributed by atoms with Crippen molar-refractivity contribution in [2.75, 3.05) is 47.6 Å². The summed E-state index contributed by atoms with van der Waals surface area (Å²) in [6, 6.07) is 12.7. The lowest BCUT2D eigenvalue weighted by molar-refractivity contribution is 0.0794. The van der Waals surface area contributed by atoms with Crippen LogP contribution in [0.4, 0.5) is 36.2 Å². The van der Waals surface area contributed by atoms with E-state index in [1.807, 2.05) is 4.90 Å². The molecule has 0 unspecified atom stereocenters. The topological polar surface area (TPSA) is 88.3 Å². The van der Waals surface area contributed by atoms with Crippen molar-refractivity contribution in [3.05, 3.63) is 60.0 Å². The van der Waals surface area contributed by atoms with Gasteiger partial charge in [0, 0.05) is 18.7 Å². The molecule has 10 heteroatoms. The average Bonchev–Trinajstić information content (AvgIpc) is 3.22. The van der Waals surface area contributed by atoms with Crippen LogP contribution in [0.3, 0.4) is 0 Å². The number of ether oxygens (including phenoxy) is 1. The maximum Gasteiger partial charge on any atom is 0.285 e. The number of morpholine rings is 1. The second-order valence-electron chi connectivity index (χ2n) is 7.68. The number of nitrogens with one attached hydrogen (secondary N) is 2. The predicted octanol–water partition coefficient (Wildman–Crippen LogP) is 3.66. The van der Waals surface area contributed by atoms with Crippen LogP contribution in [0, 0.1) is 5.82 Å². The Hall–Kier alpha value is -3.53. The molecule has 0 bridgehead atoms. The summed E-state index contributed by atoms with van der Waals surface area (Å²) >= 11 is 0. The fourth-order valence-corrected chi connectivity index (χ4v) is 3.88. The first kappa shape index (κ1) is 20.4. The van der Waals surface area contributed by atoms with Crippen LogP contribution in [0.2, 0.25) is 0 Å². The van der Waals surface area contributed by atoms with Crippen LogP contribution in [0.25, 0.3) is 11.3 Å². The smallest absolute Gasteiger partial charge is 0.285 e. The van der Waals surface area contributed by atoms with Gasteiger partial charge in [-0.15, -0.1) is 0 Å². The van der Waals surface area contributed by atoms with E-state index in [9.17, 15) is 13.2 Å². The fraction of sp³-hybridized carbons (Fsp3) is 0.273. The van der Waals surface area contributed by atoms with Crippen molar-refractivity contribution >= 4 is 23.0 Å². The predicted molar refractivity (Wildman–Crippen MR) is 116 cm³/mol. The van der Waals surface area contributed by atoms with E-state index in [0.29, 0.717) is 48.9 Å². The Morgan fingerprint density at radius 1 is 1.00 bits per heavy atom. The first-order chi connectivity index (χ1) is 15.5. The van der Waals surface area contributed by atoms with Crippen molar-refractivity contribution in [1.29, 1.82) is 0 Å². The van der Waals surface area contributed by atoms with Gasteiger partial charge in [-0.05, 0) is 30.3 Å². The lowest BCUT2D eigenvalue weighted by Gasteiger charge is -2.32. The number of aromatic nitrogens is 2. The Morgan fingerprint density at radius 2 is 1.69 bits per heavy atom. The number of nitrogens with zero attached hydrogens (tertiary/aromatic N) is 3. The van der Waals surface area contributed by atoms with Gasteiger partial charge in [-0.2, -0.15) is 0 Å². The van der Waals surface area contributed by atoms with Gasteiger partial charge in [0.2, 0.25) is 11.6 Å². The molecule has 0 radical (unpaired) electrons. The highest BCUT2D eigenvalue weighted by Gasteiger charge is 2.48. The summed E-state index contributed by atoms with van der Waals surface area (Å²) in [4.78, 5) is 10.9. The third-order valence-corrected chi connectivity index (χ3v) is 5.63. The number of anilines is 4. The molecule has 1 fully saturated rings. The summed E-state index contributed by atoms with van der Waals surface area (Å²) in [5.41, 5.74) is 5.49. The quantitative estimate of drug-likeness (QED) is 0.532. The zero-order valence-corrected chi connectivity index (χ0v) is 17.0. The van der Waals surface area contributed by atoms with Crippen LogP contribution >= 0.6 is 0 Å². The molecule has 32 heavy (non-hydrogen) atoms. The summed E-state index contributed by atoms with van der Waals surface area (Å²) < 4.78 is 48.7. The molecule has 2 aromatic carbocycles. The van der Waals surface area contributed by atoms with E-state index in [-0.39, 0.29) is 17.3 Å². The molecule has 166 valence electrons. The van der Waals surface area contributed by atoms with Crippen LogP contribution in [-0.4, -0.2) is 42.7 Å². The van der Waals surface area contributed by atoms with E-state index in [1.165, 1.54) is 18.2 Å². The molecule has 0 amide bonds. The summed E-state index contributed by atoms with van der Waals surface area (Å²) in [7, 11) is 0. The third kappa shape index (κ3) is 3.46. The van der Waals surface area contributed by atoms with Gasteiger partial charge >= 0.3 is 0 Å². The van der Waals surface area contributed by atoms with E-state index >= 15 is 0 Å². The number of benzene rings is 2. The average molecular weight is 442 g/mol. The van der Waals surface area contributed by atoms with Gasteiger partial charge in [-0.25, -0.2) is 23.1 Å². The van der Waals surface area contributed by atoms with Gasteiger partial charge in [-0.1, -0.05) is 18.2 Å². The maximum absolute atomic E-state index is 14.6. The highest BCUT2D eigenvalue weighted by Crippen LogP contribution is 2.43. The van der Waals surface area contributed by atoms with Crippen molar-refractivity contribution in [2.45, 2.75) is 12.1 Å². The molecule has 0 aliphatic carbocycles. The molecule has 1 aromatic heterocycles. The SMILES string of the molecule is Nc1ccc(-c2cc(C3(C(F)F)Nc4ccccc4N3)nc(N3CCOCC3)n2)cc1F. The van der Waals surface area contributed by atoms with Crippen molar-refractivity contribution < 1.29 is 17.9 Å². The fourth-order valence-electron chi connectivity index (χ4n) is 3.88. The van der Waals surface area contributed by atoms with Crippen LogP contribution in [0.5, 0.6) is 0 Å². The van der Waals surface area contributed by atoms with Gasteiger partial charge in [0.15, 0.2) is 0 Å². The first-order valence-electron chi connectivity index (χ1n) is 10.2. The monoisotopic (exact) mass is 442 g/mol. The molecule has 0 atom stereocenters. The molecule has 7 nitrogen and oxygen atoms in total. The zero-order chi connectivity index (χ0) is 22.3. The second-order valence-corrected chi connectivity index (χ2v) is 7.68. The summed E-state index contributed by atoms with van der Waals surface area (Å²) in [6.07, 6.45) is -2.85. The molecule has 2 aliphatic rings. The molecule has 0 spiro atoms. The Kier molecular flexibility index (Phi) is 5.01. The Labute approximate surface area is 182 Å². The first-order valence-corrected chi connectivity index (χ1v) is 10.2. The minimum Gasteiger partial charge on any atom is -0.396 e. The van der Waals surface area contributed by atoms with E-state index < -0.39 is 17.9 Å². The molecule has 1 saturated heterocycles. The van der Waals surface area contributed by atoms with Crippen LogP contribution in [0.1, 0.15) is 5.69 Å². The lowest BCUT2D eigenvalue weighted by atomic mass is 10.0. The largest absolute Gasteiger partial charge is 0.396 e. The number of para-hydroxylation sites is 2. The molecular weight excluding hydrogens is 421 g/mol. The normalized spacial score (nSPS) is 17.1. The highest BCUT2D eigenvalue weighted by molar-refractivity contribution is 5.77. The number of hydrogen-bond donors (Lipinski definition) is 3. The number of nitrogen functional groups attached to an aromatic ring is 1. The van der Waals surface area contributed by atoms with Crippen molar-refractivity contribution in [3.63, 3.8) is 0 Å². The van der Waals surface area contributed by atoms with Gasteiger partial charge in [0.1, 0.15) is 5.82 Å². The van der Waals surface area contributed by atoms with Crippen molar-refractivity contribution in [3.8, 4) is 11.3 Å². The molecule has 3 aromatic rings. The Morgan fingerprint density at radius 3 is 2.31 bits per heavy atom. The number of halogens is 3. The van der Waals surface area contributed by atoms with Gasteiger partial charge in [-0.3, -0.25) is 0 Å². The number of nitrogens with two attached hydrogens (primary N) is 1. The molecular formula is C22H21F3N6O. The molecule has 3 heterocycles. The minimum atomic E-state index is -2.85.